The molecule has 76 valence electrons. The van der Waals surface area contributed by atoms with Crippen molar-refractivity contribution >= 4 is 0 Å². The number of benzene rings is 1. The van der Waals surface area contributed by atoms with Crippen molar-refractivity contribution in [2.75, 3.05) is 6.61 Å². The van der Waals surface area contributed by atoms with Crippen molar-refractivity contribution < 1.29 is 5.11 Å². The Morgan fingerprint density at radius 1 is 1.36 bits per heavy atom. The molecular weight excluding hydrogens is 172 g/mol. The van der Waals surface area contributed by atoms with Gasteiger partial charge in [0.15, 0.2) is 0 Å². The maximum absolute atomic E-state index is 8.96. The van der Waals surface area contributed by atoms with Crippen molar-refractivity contribution in [1.82, 2.24) is 0 Å². The third-order valence-electron chi connectivity index (χ3n) is 2.40. The minimum atomic E-state index is 0.156. The molecule has 1 unspecified atom stereocenters. The maximum Gasteiger partial charge on any atom is 0.0639 e. The molecule has 0 radical (unpaired) electrons. The van der Waals surface area contributed by atoms with Crippen molar-refractivity contribution in [3.63, 3.8) is 0 Å². The quantitative estimate of drug-likeness (QED) is 0.723. The lowest BCUT2D eigenvalue weighted by Gasteiger charge is -2.11. The Hall–Kier alpha value is -1.08. The van der Waals surface area contributed by atoms with Crippen molar-refractivity contribution in [3.8, 4) is 0 Å². The summed E-state index contributed by atoms with van der Waals surface area (Å²) in [5, 5.41) is 8.96. The normalized spacial score (nSPS) is 14.1. The zero-order valence-corrected chi connectivity index (χ0v) is 8.90. The molecule has 1 aromatic rings. The second-order valence-corrected chi connectivity index (χ2v) is 3.60. The zero-order valence-electron chi connectivity index (χ0n) is 8.90. The van der Waals surface area contributed by atoms with Gasteiger partial charge in [0.25, 0.3) is 0 Å². The van der Waals surface area contributed by atoms with Gasteiger partial charge in [-0.3, -0.25) is 0 Å². The summed E-state index contributed by atoms with van der Waals surface area (Å²) in [5.41, 5.74) is 2.36. The minimum absolute atomic E-state index is 0.156. The third kappa shape index (κ3) is 3.00. The van der Waals surface area contributed by atoms with Gasteiger partial charge in [-0.05, 0) is 18.9 Å². The molecule has 1 nitrogen and oxygen atoms in total. The van der Waals surface area contributed by atoms with Gasteiger partial charge < -0.3 is 5.11 Å². The van der Waals surface area contributed by atoms with Gasteiger partial charge in [-0.1, -0.05) is 48.9 Å². The molecule has 0 saturated heterocycles. The van der Waals surface area contributed by atoms with E-state index in [9.17, 15) is 0 Å². The SMILES string of the molecule is CCC(/C=C(/C)CO)c1ccccc1. The van der Waals surface area contributed by atoms with Gasteiger partial charge in [0.05, 0.1) is 6.61 Å². The lowest BCUT2D eigenvalue weighted by atomic mass is 9.94. The van der Waals surface area contributed by atoms with E-state index in [1.165, 1.54) is 5.56 Å². The van der Waals surface area contributed by atoms with Crippen LogP contribution in [0.15, 0.2) is 42.0 Å². The molecule has 0 aromatic heterocycles. The molecule has 14 heavy (non-hydrogen) atoms. The van der Waals surface area contributed by atoms with E-state index in [1.54, 1.807) is 0 Å². The summed E-state index contributed by atoms with van der Waals surface area (Å²) in [5.74, 6) is 0.434. The summed E-state index contributed by atoms with van der Waals surface area (Å²) < 4.78 is 0. The number of hydrogen-bond donors (Lipinski definition) is 1. The monoisotopic (exact) mass is 190 g/mol. The average molecular weight is 190 g/mol. The summed E-state index contributed by atoms with van der Waals surface area (Å²) in [6, 6.07) is 10.4. The average Bonchev–Trinajstić information content (AvgIpc) is 2.26. The van der Waals surface area contributed by atoms with Crippen molar-refractivity contribution in [2.45, 2.75) is 26.2 Å². The molecule has 1 heteroatoms. The minimum Gasteiger partial charge on any atom is -0.392 e. The first-order valence-corrected chi connectivity index (χ1v) is 5.11. The number of aliphatic hydroxyl groups excluding tert-OH is 1. The summed E-state index contributed by atoms with van der Waals surface area (Å²) in [4.78, 5) is 0. The summed E-state index contributed by atoms with van der Waals surface area (Å²) in [7, 11) is 0. The number of hydrogen-bond acceptors (Lipinski definition) is 1. The van der Waals surface area contributed by atoms with Crippen LogP contribution in [0.1, 0.15) is 31.7 Å². The zero-order chi connectivity index (χ0) is 10.4. The Labute approximate surface area is 86.1 Å². The van der Waals surface area contributed by atoms with E-state index in [0.717, 1.165) is 12.0 Å². The van der Waals surface area contributed by atoms with Crippen LogP contribution in [0.5, 0.6) is 0 Å². The number of rotatable bonds is 4. The largest absolute Gasteiger partial charge is 0.392 e. The highest BCUT2D eigenvalue weighted by molar-refractivity contribution is 5.25. The van der Waals surface area contributed by atoms with Crippen LogP contribution in [0, 0.1) is 0 Å². The lowest BCUT2D eigenvalue weighted by Crippen LogP contribution is -1.95. The highest BCUT2D eigenvalue weighted by Crippen LogP contribution is 2.21. The molecule has 1 aromatic carbocycles. The van der Waals surface area contributed by atoms with E-state index in [-0.39, 0.29) is 6.61 Å². The predicted molar refractivity (Wildman–Crippen MR) is 60.3 cm³/mol. The van der Waals surface area contributed by atoms with Crippen LogP contribution in [0.3, 0.4) is 0 Å². The van der Waals surface area contributed by atoms with Crippen molar-refractivity contribution in [3.05, 3.63) is 47.5 Å². The van der Waals surface area contributed by atoms with E-state index in [1.807, 2.05) is 13.0 Å². The Balaban J connectivity index is 2.83. The second-order valence-electron chi connectivity index (χ2n) is 3.60. The highest BCUT2D eigenvalue weighted by atomic mass is 16.3. The van der Waals surface area contributed by atoms with Crippen molar-refractivity contribution in [2.24, 2.45) is 0 Å². The summed E-state index contributed by atoms with van der Waals surface area (Å²) >= 11 is 0. The van der Waals surface area contributed by atoms with Gasteiger partial charge in [0.2, 0.25) is 0 Å². The maximum atomic E-state index is 8.96. The van der Waals surface area contributed by atoms with Crippen LogP contribution in [-0.2, 0) is 0 Å². The first kappa shape index (κ1) is 11.0. The first-order valence-electron chi connectivity index (χ1n) is 5.11. The molecule has 0 bridgehead atoms. The topological polar surface area (TPSA) is 20.2 Å². The lowest BCUT2D eigenvalue weighted by molar-refractivity contribution is 0.330. The molecule has 0 fully saturated rings. The Morgan fingerprint density at radius 2 is 2.00 bits per heavy atom. The molecule has 0 heterocycles. The van der Waals surface area contributed by atoms with Crippen LogP contribution >= 0.6 is 0 Å². The molecule has 1 N–H and O–H groups in total. The fourth-order valence-electron chi connectivity index (χ4n) is 1.55. The van der Waals surface area contributed by atoms with Gasteiger partial charge in [0, 0.05) is 5.92 Å². The van der Waals surface area contributed by atoms with Crippen LogP contribution in [0.25, 0.3) is 0 Å². The molecule has 0 spiro atoms. The fraction of sp³-hybridized carbons (Fsp3) is 0.385. The molecule has 1 atom stereocenters. The van der Waals surface area contributed by atoms with E-state index in [2.05, 4.69) is 37.3 Å². The van der Waals surface area contributed by atoms with E-state index in [0.29, 0.717) is 5.92 Å². The van der Waals surface area contributed by atoms with Crippen LogP contribution in [-0.4, -0.2) is 11.7 Å². The second kappa shape index (κ2) is 5.61. The van der Waals surface area contributed by atoms with Gasteiger partial charge >= 0.3 is 0 Å². The van der Waals surface area contributed by atoms with Gasteiger partial charge in [0.1, 0.15) is 0 Å². The summed E-state index contributed by atoms with van der Waals surface area (Å²) in [6.07, 6.45) is 3.22. The highest BCUT2D eigenvalue weighted by Gasteiger charge is 2.05. The Bertz CT molecular complexity index is 287. The molecule has 0 saturated carbocycles. The molecule has 0 aliphatic rings. The van der Waals surface area contributed by atoms with Gasteiger partial charge in [-0.2, -0.15) is 0 Å². The van der Waals surface area contributed by atoms with Crippen LogP contribution in [0.4, 0.5) is 0 Å². The Kier molecular flexibility index (Phi) is 4.41. The van der Waals surface area contributed by atoms with Crippen molar-refractivity contribution in [1.29, 1.82) is 0 Å². The van der Waals surface area contributed by atoms with Gasteiger partial charge in [-0.15, -0.1) is 0 Å². The van der Waals surface area contributed by atoms with E-state index in [4.69, 9.17) is 5.11 Å². The predicted octanol–water partition coefficient (Wildman–Crippen LogP) is 3.12. The molecule has 1 rings (SSSR count). The smallest absolute Gasteiger partial charge is 0.0639 e. The third-order valence-corrected chi connectivity index (χ3v) is 2.40. The first-order chi connectivity index (χ1) is 6.77. The van der Waals surface area contributed by atoms with Crippen LogP contribution < -0.4 is 0 Å². The number of allylic oxidation sites excluding steroid dienone is 1. The van der Waals surface area contributed by atoms with Gasteiger partial charge in [-0.25, -0.2) is 0 Å². The van der Waals surface area contributed by atoms with Crippen LogP contribution in [0.2, 0.25) is 0 Å². The van der Waals surface area contributed by atoms with E-state index < -0.39 is 0 Å². The van der Waals surface area contributed by atoms with E-state index >= 15 is 0 Å². The summed E-state index contributed by atoms with van der Waals surface area (Å²) in [6.45, 7) is 4.29. The molecule has 0 amide bonds. The Morgan fingerprint density at radius 3 is 2.50 bits per heavy atom. The molecular formula is C13H18O. The fourth-order valence-corrected chi connectivity index (χ4v) is 1.55. The molecule has 0 aliphatic carbocycles. The number of aliphatic hydroxyl groups is 1. The standard InChI is InChI=1S/C13H18O/c1-3-12(9-11(2)10-14)13-7-5-4-6-8-13/h4-9,12,14H,3,10H2,1-2H3/b11-9-. The molecule has 0 aliphatic heterocycles.